The molecule has 1 rings (SSSR count). The molecule has 5 nitrogen and oxygen atoms in total. The molecule has 84 valence electrons. The van der Waals surface area contributed by atoms with E-state index in [4.69, 9.17) is 4.55 Å². The van der Waals surface area contributed by atoms with E-state index in [9.17, 15) is 8.42 Å². The molecule has 1 aromatic rings. The second-order valence-corrected chi connectivity index (χ2v) is 4.69. The topological polar surface area (TPSA) is 69.6 Å². The van der Waals surface area contributed by atoms with Gasteiger partial charge >= 0.3 is 0 Å². The average molecular weight is 230 g/mol. The van der Waals surface area contributed by atoms with Gasteiger partial charge in [-0.15, -0.1) is 0 Å². The molecular weight excluding hydrogens is 216 g/mol. The van der Waals surface area contributed by atoms with Crippen molar-refractivity contribution in [2.24, 2.45) is 0 Å². The Bertz CT molecular complexity index is 454. The zero-order valence-corrected chi connectivity index (χ0v) is 9.67. The summed E-state index contributed by atoms with van der Waals surface area (Å²) in [7, 11) is 1.13. The number of nitrogens with zero attached hydrogens (tertiary/aromatic N) is 1. The van der Waals surface area contributed by atoms with Crippen LogP contribution in [0.4, 0.5) is 11.4 Å². The van der Waals surface area contributed by atoms with Crippen molar-refractivity contribution < 1.29 is 13.0 Å². The SMILES string of the molecule is CNc1cc(N(C)C)ccc1S(=O)(=O)O. The molecule has 0 heterocycles. The molecule has 15 heavy (non-hydrogen) atoms. The highest BCUT2D eigenvalue weighted by Crippen LogP contribution is 2.25. The van der Waals surface area contributed by atoms with E-state index >= 15 is 0 Å². The Balaban J connectivity index is 3.34. The number of anilines is 2. The van der Waals surface area contributed by atoms with E-state index in [0.717, 1.165) is 5.69 Å². The molecule has 0 amide bonds. The van der Waals surface area contributed by atoms with Gasteiger partial charge < -0.3 is 10.2 Å². The fourth-order valence-corrected chi connectivity index (χ4v) is 1.90. The maximum Gasteiger partial charge on any atom is 0.296 e. The summed E-state index contributed by atoms with van der Waals surface area (Å²) in [6, 6.07) is 4.66. The Hall–Kier alpha value is -1.27. The van der Waals surface area contributed by atoms with E-state index in [2.05, 4.69) is 5.32 Å². The minimum Gasteiger partial charge on any atom is -0.387 e. The number of nitrogens with one attached hydrogen (secondary N) is 1. The Morgan fingerprint density at radius 1 is 1.33 bits per heavy atom. The highest BCUT2D eigenvalue weighted by Gasteiger charge is 2.15. The maximum absolute atomic E-state index is 11.0. The van der Waals surface area contributed by atoms with Crippen LogP contribution in [0.25, 0.3) is 0 Å². The third kappa shape index (κ3) is 2.60. The summed E-state index contributed by atoms with van der Waals surface area (Å²) in [6.07, 6.45) is 0. The molecular formula is C9H14N2O3S. The van der Waals surface area contributed by atoms with Crippen LogP contribution < -0.4 is 10.2 Å². The van der Waals surface area contributed by atoms with Crippen LogP contribution in [0.3, 0.4) is 0 Å². The minimum absolute atomic E-state index is 0.115. The first-order chi connectivity index (χ1) is 6.86. The Kier molecular flexibility index (Phi) is 3.21. The van der Waals surface area contributed by atoms with Crippen molar-refractivity contribution in [1.29, 1.82) is 0 Å². The molecule has 0 saturated carbocycles. The Morgan fingerprint density at radius 2 is 1.93 bits per heavy atom. The smallest absolute Gasteiger partial charge is 0.296 e. The van der Waals surface area contributed by atoms with Crippen molar-refractivity contribution in [3.05, 3.63) is 18.2 Å². The lowest BCUT2D eigenvalue weighted by molar-refractivity contribution is 0.483. The summed E-state index contributed by atoms with van der Waals surface area (Å²) in [5.41, 5.74) is 1.23. The highest BCUT2D eigenvalue weighted by molar-refractivity contribution is 7.86. The van der Waals surface area contributed by atoms with Crippen LogP contribution in [0, 0.1) is 0 Å². The molecule has 0 spiro atoms. The van der Waals surface area contributed by atoms with Crippen molar-refractivity contribution in [3.8, 4) is 0 Å². The average Bonchev–Trinajstić information content (AvgIpc) is 2.15. The first-order valence-electron chi connectivity index (χ1n) is 4.33. The molecule has 0 saturated heterocycles. The summed E-state index contributed by atoms with van der Waals surface area (Å²) >= 11 is 0. The lowest BCUT2D eigenvalue weighted by atomic mass is 10.2. The molecule has 1 aromatic carbocycles. The van der Waals surface area contributed by atoms with Gasteiger partial charge in [0.15, 0.2) is 0 Å². The summed E-state index contributed by atoms with van der Waals surface area (Å²) in [4.78, 5) is 1.73. The first-order valence-corrected chi connectivity index (χ1v) is 5.77. The lowest BCUT2D eigenvalue weighted by Crippen LogP contribution is -2.10. The van der Waals surface area contributed by atoms with E-state index in [1.807, 2.05) is 19.0 Å². The summed E-state index contributed by atoms with van der Waals surface area (Å²) < 4.78 is 30.9. The van der Waals surface area contributed by atoms with Crippen molar-refractivity contribution in [2.45, 2.75) is 4.90 Å². The highest BCUT2D eigenvalue weighted by atomic mass is 32.2. The van der Waals surface area contributed by atoms with Gasteiger partial charge in [0.1, 0.15) is 4.90 Å². The van der Waals surface area contributed by atoms with Crippen molar-refractivity contribution in [1.82, 2.24) is 0 Å². The molecule has 2 N–H and O–H groups in total. The van der Waals surface area contributed by atoms with Crippen LogP contribution in [-0.4, -0.2) is 34.1 Å². The molecule has 0 aromatic heterocycles. The standard InChI is InChI=1S/C9H14N2O3S/c1-10-8-6-7(11(2)3)4-5-9(8)15(12,13)14/h4-6,10H,1-3H3,(H,12,13,14). The van der Waals surface area contributed by atoms with Gasteiger partial charge in [0.05, 0.1) is 5.69 Å². The van der Waals surface area contributed by atoms with Gasteiger partial charge in [-0.25, -0.2) is 0 Å². The molecule has 0 bridgehead atoms. The molecule has 0 aliphatic heterocycles. The lowest BCUT2D eigenvalue weighted by Gasteiger charge is -2.15. The van der Waals surface area contributed by atoms with Crippen LogP contribution in [-0.2, 0) is 10.1 Å². The van der Waals surface area contributed by atoms with Gasteiger partial charge in [-0.05, 0) is 18.2 Å². The predicted octanol–water partition coefficient (Wildman–Crippen LogP) is 1.04. The number of benzene rings is 1. The van der Waals surface area contributed by atoms with Crippen LogP contribution in [0.15, 0.2) is 23.1 Å². The van der Waals surface area contributed by atoms with Crippen LogP contribution in [0.5, 0.6) is 0 Å². The largest absolute Gasteiger partial charge is 0.387 e. The van der Waals surface area contributed by atoms with Crippen LogP contribution >= 0.6 is 0 Å². The predicted molar refractivity (Wildman–Crippen MR) is 60.1 cm³/mol. The fourth-order valence-electron chi connectivity index (χ4n) is 1.22. The van der Waals surface area contributed by atoms with E-state index in [1.165, 1.54) is 6.07 Å². The third-order valence-corrected chi connectivity index (χ3v) is 2.94. The zero-order valence-electron chi connectivity index (χ0n) is 8.85. The Morgan fingerprint density at radius 3 is 2.33 bits per heavy atom. The van der Waals surface area contributed by atoms with E-state index < -0.39 is 10.1 Å². The second kappa shape index (κ2) is 4.08. The number of rotatable bonds is 3. The van der Waals surface area contributed by atoms with Gasteiger partial charge in [0.25, 0.3) is 10.1 Å². The summed E-state index contributed by atoms with van der Waals surface area (Å²) in [5, 5.41) is 2.73. The molecule has 0 atom stereocenters. The van der Waals surface area contributed by atoms with Gasteiger partial charge in [-0.3, -0.25) is 4.55 Å². The van der Waals surface area contributed by atoms with Gasteiger partial charge in [-0.2, -0.15) is 8.42 Å². The second-order valence-electron chi connectivity index (χ2n) is 3.30. The molecule has 0 aliphatic carbocycles. The Labute approximate surface area is 89.5 Å². The minimum atomic E-state index is -4.17. The van der Waals surface area contributed by atoms with E-state index in [0.29, 0.717) is 5.69 Å². The monoisotopic (exact) mass is 230 g/mol. The molecule has 0 aliphatic rings. The van der Waals surface area contributed by atoms with Gasteiger partial charge in [0.2, 0.25) is 0 Å². The molecule has 6 heteroatoms. The third-order valence-electron chi connectivity index (χ3n) is 2.03. The van der Waals surface area contributed by atoms with Crippen LogP contribution in [0.1, 0.15) is 0 Å². The molecule has 0 fully saturated rings. The fraction of sp³-hybridized carbons (Fsp3) is 0.333. The van der Waals surface area contributed by atoms with Crippen LogP contribution in [0.2, 0.25) is 0 Å². The van der Waals surface area contributed by atoms with Crippen molar-refractivity contribution >= 4 is 21.5 Å². The quantitative estimate of drug-likeness (QED) is 0.759. The summed E-state index contributed by atoms with van der Waals surface area (Å²) in [6.45, 7) is 0. The summed E-state index contributed by atoms with van der Waals surface area (Å²) in [5.74, 6) is 0. The normalized spacial score (nSPS) is 11.2. The van der Waals surface area contributed by atoms with E-state index in [1.54, 1.807) is 19.2 Å². The van der Waals surface area contributed by atoms with Crippen molar-refractivity contribution in [3.63, 3.8) is 0 Å². The molecule has 0 radical (unpaired) electrons. The first kappa shape index (κ1) is 11.8. The number of hydrogen-bond acceptors (Lipinski definition) is 4. The number of hydrogen-bond donors (Lipinski definition) is 2. The molecule has 0 unspecified atom stereocenters. The maximum atomic E-state index is 11.0. The van der Waals surface area contributed by atoms with Crippen molar-refractivity contribution in [2.75, 3.05) is 31.4 Å². The van der Waals surface area contributed by atoms with E-state index in [-0.39, 0.29) is 4.90 Å². The zero-order chi connectivity index (χ0) is 11.6. The van der Waals surface area contributed by atoms with Gasteiger partial charge in [0, 0.05) is 26.8 Å². The van der Waals surface area contributed by atoms with Gasteiger partial charge in [-0.1, -0.05) is 0 Å².